The molecule has 0 bridgehead atoms. The third-order valence-corrected chi connectivity index (χ3v) is 4.42. The molecular weight excluding hydrogens is 292 g/mol. The van der Waals surface area contributed by atoms with Crippen LogP contribution in [0.15, 0.2) is 79.0 Å². The minimum atomic E-state index is 0.310. The van der Waals surface area contributed by atoms with Crippen LogP contribution in [0, 0.1) is 0 Å². The molecule has 0 unspecified atom stereocenters. The van der Waals surface area contributed by atoms with Crippen molar-refractivity contribution in [3.8, 4) is 0 Å². The number of fused-ring (bicyclic) bond motifs is 3. The van der Waals surface area contributed by atoms with Gasteiger partial charge < -0.3 is 4.90 Å². The van der Waals surface area contributed by atoms with E-state index in [0.29, 0.717) is 6.04 Å². The van der Waals surface area contributed by atoms with Crippen LogP contribution in [0.5, 0.6) is 0 Å². The van der Waals surface area contributed by atoms with Gasteiger partial charge >= 0.3 is 0 Å². The van der Waals surface area contributed by atoms with Crippen molar-refractivity contribution in [3.63, 3.8) is 0 Å². The van der Waals surface area contributed by atoms with E-state index in [4.69, 9.17) is 0 Å². The van der Waals surface area contributed by atoms with E-state index in [-0.39, 0.29) is 0 Å². The molecule has 0 atom stereocenters. The van der Waals surface area contributed by atoms with Gasteiger partial charge in [-0.05, 0) is 48.2 Å². The number of aromatic nitrogens is 1. The zero-order chi connectivity index (χ0) is 16.5. The predicted molar refractivity (Wildman–Crippen MR) is 103 cm³/mol. The lowest BCUT2D eigenvalue weighted by molar-refractivity contribution is 0.780. The standard InChI is InChI=1S/C22H20N2/c1-16(2)24(22-13-7-8-14-23-22)21-15-17-9-3-4-10-18(17)19-11-5-6-12-20(19)21/h3-16H,1-2H3. The highest BCUT2D eigenvalue weighted by Gasteiger charge is 2.18. The zero-order valence-electron chi connectivity index (χ0n) is 14.0. The van der Waals surface area contributed by atoms with Crippen molar-refractivity contribution in [1.82, 2.24) is 4.98 Å². The lowest BCUT2D eigenvalue weighted by Gasteiger charge is -2.29. The van der Waals surface area contributed by atoms with Gasteiger partial charge in [-0.2, -0.15) is 0 Å². The molecule has 1 aromatic heterocycles. The first-order valence-electron chi connectivity index (χ1n) is 8.36. The minimum Gasteiger partial charge on any atom is -0.323 e. The number of hydrogen-bond donors (Lipinski definition) is 0. The van der Waals surface area contributed by atoms with Crippen LogP contribution < -0.4 is 4.90 Å². The Morgan fingerprint density at radius 1 is 0.750 bits per heavy atom. The number of nitrogens with zero attached hydrogens (tertiary/aromatic N) is 2. The molecule has 4 rings (SSSR count). The third-order valence-electron chi connectivity index (χ3n) is 4.42. The highest BCUT2D eigenvalue weighted by Crippen LogP contribution is 2.37. The van der Waals surface area contributed by atoms with E-state index >= 15 is 0 Å². The van der Waals surface area contributed by atoms with E-state index < -0.39 is 0 Å². The summed E-state index contributed by atoms with van der Waals surface area (Å²) in [5, 5.41) is 5.09. The fourth-order valence-electron chi connectivity index (χ4n) is 3.40. The normalized spacial score (nSPS) is 11.3. The van der Waals surface area contributed by atoms with Crippen LogP contribution in [0.4, 0.5) is 11.5 Å². The maximum absolute atomic E-state index is 4.59. The second-order valence-electron chi connectivity index (χ2n) is 6.31. The summed E-state index contributed by atoms with van der Waals surface area (Å²) in [6.07, 6.45) is 1.86. The Kier molecular flexibility index (Phi) is 3.66. The van der Waals surface area contributed by atoms with Crippen LogP contribution in [-0.4, -0.2) is 11.0 Å². The van der Waals surface area contributed by atoms with Crippen LogP contribution in [0.3, 0.4) is 0 Å². The Bertz CT molecular complexity index is 990. The fraction of sp³-hybridized carbons (Fsp3) is 0.136. The van der Waals surface area contributed by atoms with Gasteiger partial charge in [0.2, 0.25) is 0 Å². The summed E-state index contributed by atoms with van der Waals surface area (Å²) < 4.78 is 0. The maximum Gasteiger partial charge on any atom is 0.133 e. The van der Waals surface area contributed by atoms with Gasteiger partial charge in [0.05, 0.1) is 5.69 Å². The lowest BCUT2D eigenvalue weighted by atomic mass is 9.99. The molecule has 0 aliphatic rings. The Balaban J connectivity index is 2.07. The van der Waals surface area contributed by atoms with Gasteiger partial charge in [0.1, 0.15) is 5.82 Å². The van der Waals surface area contributed by atoms with Crippen molar-refractivity contribution < 1.29 is 0 Å². The van der Waals surface area contributed by atoms with Crippen LogP contribution in [0.1, 0.15) is 13.8 Å². The van der Waals surface area contributed by atoms with Gasteiger partial charge in [0.25, 0.3) is 0 Å². The SMILES string of the molecule is CC(C)N(c1ccccn1)c1cc2ccccc2c2ccccc12. The molecule has 0 N–H and O–H groups in total. The highest BCUT2D eigenvalue weighted by molar-refractivity contribution is 6.13. The Labute approximate surface area is 142 Å². The first-order chi connectivity index (χ1) is 11.8. The molecule has 0 fully saturated rings. The number of pyridine rings is 1. The molecule has 0 amide bonds. The second-order valence-corrected chi connectivity index (χ2v) is 6.31. The van der Waals surface area contributed by atoms with Gasteiger partial charge in [-0.25, -0.2) is 4.98 Å². The molecule has 2 heteroatoms. The van der Waals surface area contributed by atoms with Gasteiger partial charge in [0, 0.05) is 17.6 Å². The molecular formula is C22H20N2. The van der Waals surface area contributed by atoms with E-state index in [9.17, 15) is 0 Å². The molecule has 0 saturated heterocycles. The maximum atomic E-state index is 4.59. The van der Waals surface area contributed by atoms with Crippen molar-refractivity contribution in [2.45, 2.75) is 19.9 Å². The first kappa shape index (κ1) is 14.7. The molecule has 24 heavy (non-hydrogen) atoms. The van der Waals surface area contributed by atoms with Crippen molar-refractivity contribution in [2.24, 2.45) is 0 Å². The molecule has 118 valence electrons. The summed E-state index contributed by atoms with van der Waals surface area (Å²) in [6, 6.07) is 25.9. The monoisotopic (exact) mass is 312 g/mol. The largest absolute Gasteiger partial charge is 0.323 e. The number of anilines is 2. The Morgan fingerprint density at radius 3 is 2.12 bits per heavy atom. The van der Waals surface area contributed by atoms with E-state index in [0.717, 1.165) is 5.82 Å². The summed E-state index contributed by atoms with van der Waals surface area (Å²) in [5.74, 6) is 0.980. The molecule has 0 aliphatic heterocycles. The molecule has 4 aromatic rings. The second kappa shape index (κ2) is 5.97. The van der Waals surface area contributed by atoms with E-state index in [1.807, 2.05) is 18.3 Å². The zero-order valence-corrected chi connectivity index (χ0v) is 14.0. The summed E-state index contributed by atoms with van der Waals surface area (Å²) in [6.45, 7) is 4.41. The van der Waals surface area contributed by atoms with Gasteiger partial charge in [-0.1, -0.05) is 54.6 Å². The molecule has 0 spiro atoms. The van der Waals surface area contributed by atoms with Gasteiger partial charge in [-0.15, -0.1) is 0 Å². The number of hydrogen-bond acceptors (Lipinski definition) is 2. The van der Waals surface area contributed by atoms with Crippen LogP contribution >= 0.6 is 0 Å². The summed E-state index contributed by atoms with van der Waals surface area (Å²) in [7, 11) is 0. The first-order valence-corrected chi connectivity index (χ1v) is 8.36. The topological polar surface area (TPSA) is 16.1 Å². The lowest BCUT2D eigenvalue weighted by Crippen LogP contribution is -2.26. The van der Waals surface area contributed by atoms with Gasteiger partial charge in [-0.3, -0.25) is 0 Å². The van der Waals surface area contributed by atoms with Crippen LogP contribution in [0.2, 0.25) is 0 Å². The van der Waals surface area contributed by atoms with Crippen molar-refractivity contribution >= 4 is 33.1 Å². The Morgan fingerprint density at radius 2 is 1.42 bits per heavy atom. The number of rotatable bonds is 3. The van der Waals surface area contributed by atoms with E-state index in [1.165, 1.54) is 27.2 Å². The third kappa shape index (κ3) is 2.41. The van der Waals surface area contributed by atoms with Gasteiger partial charge in [0.15, 0.2) is 0 Å². The Hall–Kier alpha value is -2.87. The number of benzene rings is 3. The average molecular weight is 312 g/mol. The summed E-state index contributed by atoms with van der Waals surface area (Å²) in [4.78, 5) is 6.90. The minimum absolute atomic E-state index is 0.310. The van der Waals surface area contributed by atoms with Crippen molar-refractivity contribution in [2.75, 3.05) is 4.90 Å². The molecule has 0 radical (unpaired) electrons. The molecule has 1 heterocycles. The van der Waals surface area contributed by atoms with Crippen LogP contribution in [-0.2, 0) is 0 Å². The average Bonchev–Trinajstić information content (AvgIpc) is 2.63. The smallest absolute Gasteiger partial charge is 0.133 e. The molecule has 0 aliphatic carbocycles. The predicted octanol–water partition coefficient (Wildman–Crippen LogP) is 5.93. The van der Waals surface area contributed by atoms with Crippen LogP contribution in [0.25, 0.3) is 21.5 Å². The van der Waals surface area contributed by atoms with E-state index in [1.54, 1.807) is 0 Å². The van der Waals surface area contributed by atoms with Crippen molar-refractivity contribution in [1.29, 1.82) is 0 Å². The highest BCUT2D eigenvalue weighted by atomic mass is 15.2. The molecule has 2 nitrogen and oxygen atoms in total. The summed E-state index contributed by atoms with van der Waals surface area (Å²) >= 11 is 0. The summed E-state index contributed by atoms with van der Waals surface area (Å²) in [5.41, 5.74) is 1.21. The van der Waals surface area contributed by atoms with Crippen molar-refractivity contribution in [3.05, 3.63) is 79.0 Å². The quantitative estimate of drug-likeness (QED) is 0.436. The van der Waals surface area contributed by atoms with E-state index in [2.05, 4.69) is 84.4 Å². The molecule has 3 aromatic carbocycles. The fourth-order valence-corrected chi connectivity index (χ4v) is 3.40. The molecule has 0 saturated carbocycles.